The SMILES string of the molecule is CCn1c(SCC(=O)N2CCc3sccc3C2C)nnc1-c1ccccc1C. The number of thiophene rings is 1. The Hall–Kier alpha value is -2.12. The molecular formula is C21H24N4OS2. The first-order chi connectivity index (χ1) is 13.6. The summed E-state index contributed by atoms with van der Waals surface area (Å²) in [6, 6.07) is 10.5. The number of nitrogens with zero attached hydrogens (tertiary/aromatic N) is 4. The monoisotopic (exact) mass is 412 g/mol. The third kappa shape index (κ3) is 3.49. The summed E-state index contributed by atoms with van der Waals surface area (Å²) in [5, 5.41) is 11.7. The number of rotatable bonds is 5. The molecule has 1 atom stereocenters. The van der Waals surface area contributed by atoms with Crippen molar-refractivity contribution < 1.29 is 4.79 Å². The zero-order valence-electron chi connectivity index (χ0n) is 16.4. The highest BCUT2D eigenvalue weighted by molar-refractivity contribution is 7.99. The lowest BCUT2D eigenvalue weighted by Crippen LogP contribution is -2.39. The average molecular weight is 413 g/mol. The fraction of sp³-hybridized carbons (Fsp3) is 0.381. The minimum absolute atomic E-state index is 0.148. The van der Waals surface area contributed by atoms with Crippen LogP contribution in [-0.2, 0) is 17.8 Å². The molecule has 2 aromatic heterocycles. The highest BCUT2D eigenvalue weighted by Crippen LogP contribution is 2.33. The third-order valence-electron chi connectivity index (χ3n) is 5.34. The van der Waals surface area contributed by atoms with Gasteiger partial charge in [-0.15, -0.1) is 21.5 Å². The summed E-state index contributed by atoms with van der Waals surface area (Å²) in [5.41, 5.74) is 3.56. The Labute approximate surface area is 173 Å². The maximum absolute atomic E-state index is 12.9. The number of thioether (sulfide) groups is 1. The number of aryl methyl sites for hydroxylation is 1. The predicted octanol–water partition coefficient (Wildman–Crippen LogP) is 4.57. The molecule has 0 saturated carbocycles. The van der Waals surface area contributed by atoms with Gasteiger partial charge < -0.3 is 9.47 Å². The molecule has 1 unspecified atom stereocenters. The fourth-order valence-electron chi connectivity index (χ4n) is 3.76. The van der Waals surface area contributed by atoms with Crippen molar-refractivity contribution in [3.05, 3.63) is 51.7 Å². The van der Waals surface area contributed by atoms with Crippen molar-refractivity contribution in [1.29, 1.82) is 0 Å². The Bertz CT molecular complexity index is 994. The van der Waals surface area contributed by atoms with Crippen LogP contribution in [-0.4, -0.2) is 37.9 Å². The fourth-order valence-corrected chi connectivity index (χ4v) is 5.61. The van der Waals surface area contributed by atoms with E-state index in [4.69, 9.17) is 0 Å². The standard InChI is InChI=1S/C21H24N4OS2/c1-4-24-20(16-8-6-5-7-14(16)2)22-23-21(24)28-13-19(26)25-11-9-18-17(15(25)3)10-12-27-18/h5-8,10,12,15H,4,9,11,13H2,1-3H3. The molecule has 1 aromatic carbocycles. The molecule has 0 spiro atoms. The Morgan fingerprint density at radius 1 is 1.29 bits per heavy atom. The molecule has 0 N–H and O–H groups in total. The van der Waals surface area contributed by atoms with E-state index in [9.17, 15) is 4.79 Å². The first-order valence-electron chi connectivity index (χ1n) is 9.58. The van der Waals surface area contributed by atoms with Crippen LogP contribution in [0, 0.1) is 6.92 Å². The number of carbonyl (C=O) groups excluding carboxylic acids is 1. The largest absolute Gasteiger partial charge is 0.335 e. The van der Waals surface area contributed by atoms with Crippen LogP contribution in [0.15, 0.2) is 40.9 Å². The second-order valence-corrected chi connectivity index (χ2v) is 8.91. The van der Waals surface area contributed by atoms with Crippen molar-refractivity contribution in [2.75, 3.05) is 12.3 Å². The molecule has 1 aliphatic rings. The first kappa shape index (κ1) is 19.2. The Morgan fingerprint density at radius 2 is 2.11 bits per heavy atom. The topological polar surface area (TPSA) is 51.0 Å². The highest BCUT2D eigenvalue weighted by Gasteiger charge is 2.28. The lowest BCUT2D eigenvalue weighted by atomic mass is 10.0. The number of amides is 1. The van der Waals surface area contributed by atoms with Gasteiger partial charge in [0.2, 0.25) is 5.91 Å². The van der Waals surface area contributed by atoms with Crippen LogP contribution in [0.5, 0.6) is 0 Å². The molecule has 3 heterocycles. The van der Waals surface area contributed by atoms with Gasteiger partial charge in [0.15, 0.2) is 11.0 Å². The van der Waals surface area contributed by atoms with E-state index >= 15 is 0 Å². The van der Waals surface area contributed by atoms with Crippen LogP contribution < -0.4 is 0 Å². The maximum Gasteiger partial charge on any atom is 0.233 e. The zero-order valence-corrected chi connectivity index (χ0v) is 18.0. The molecule has 146 valence electrons. The molecule has 3 aromatic rings. The van der Waals surface area contributed by atoms with Crippen LogP contribution in [0.4, 0.5) is 0 Å². The van der Waals surface area contributed by atoms with E-state index in [1.165, 1.54) is 27.8 Å². The molecule has 5 nitrogen and oxygen atoms in total. The van der Waals surface area contributed by atoms with Crippen LogP contribution in [0.1, 0.15) is 35.9 Å². The number of benzene rings is 1. The van der Waals surface area contributed by atoms with Gasteiger partial charge >= 0.3 is 0 Å². The predicted molar refractivity (Wildman–Crippen MR) is 115 cm³/mol. The van der Waals surface area contributed by atoms with Gasteiger partial charge in [-0.3, -0.25) is 4.79 Å². The van der Waals surface area contributed by atoms with E-state index in [0.717, 1.165) is 36.1 Å². The van der Waals surface area contributed by atoms with Crippen molar-refractivity contribution >= 4 is 29.0 Å². The van der Waals surface area contributed by atoms with Crippen molar-refractivity contribution in [3.8, 4) is 11.4 Å². The van der Waals surface area contributed by atoms with Crippen molar-refractivity contribution in [2.45, 2.75) is 44.9 Å². The molecular weight excluding hydrogens is 388 g/mol. The number of carbonyl (C=O) groups is 1. The molecule has 0 bridgehead atoms. The quantitative estimate of drug-likeness (QED) is 0.576. The van der Waals surface area contributed by atoms with Crippen molar-refractivity contribution in [3.63, 3.8) is 0 Å². The first-order valence-corrected chi connectivity index (χ1v) is 11.4. The maximum atomic E-state index is 12.9. The molecule has 7 heteroatoms. The van der Waals surface area contributed by atoms with Gasteiger partial charge in [0.1, 0.15) is 0 Å². The lowest BCUT2D eigenvalue weighted by Gasteiger charge is -2.33. The summed E-state index contributed by atoms with van der Waals surface area (Å²) in [6.45, 7) is 7.85. The normalized spacial score (nSPS) is 16.2. The van der Waals surface area contributed by atoms with Crippen LogP contribution in [0.3, 0.4) is 0 Å². The molecule has 0 fully saturated rings. The highest BCUT2D eigenvalue weighted by atomic mass is 32.2. The van der Waals surface area contributed by atoms with Crippen LogP contribution in [0.2, 0.25) is 0 Å². The van der Waals surface area contributed by atoms with E-state index in [-0.39, 0.29) is 11.9 Å². The van der Waals surface area contributed by atoms with Crippen LogP contribution >= 0.6 is 23.1 Å². The minimum Gasteiger partial charge on any atom is -0.335 e. The van der Waals surface area contributed by atoms with E-state index < -0.39 is 0 Å². The van der Waals surface area contributed by atoms with Gasteiger partial charge in [-0.2, -0.15) is 0 Å². The average Bonchev–Trinajstić information content (AvgIpc) is 3.33. The second kappa shape index (κ2) is 8.09. The van der Waals surface area contributed by atoms with Gasteiger partial charge in [-0.1, -0.05) is 36.0 Å². The van der Waals surface area contributed by atoms with E-state index in [1.54, 1.807) is 11.3 Å². The number of hydrogen-bond donors (Lipinski definition) is 0. The molecule has 4 rings (SSSR count). The van der Waals surface area contributed by atoms with E-state index in [1.807, 2.05) is 17.0 Å². The zero-order chi connectivity index (χ0) is 19.7. The van der Waals surface area contributed by atoms with Crippen LogP contribution in [0.25, 0.3) is 11.4 Å². The van der Waals surface area contributed by atoms with Gasteiger partial charge in [-0.05, 0) is 49.8 Å². The molecule has 1 amide bonds. The lowest BCUT2D eigenvalue weighted by molar-refractivity contribution is -0.130. The summed E-state index contributed by atoms with van der Waals surface area (Å²) < 4.78 is 2.09. The molecule has 28 heavy (non-hydrogen) atoms. The third-order valence-corrected chi connectivity index (χ3v) is 7.29. The van der Waals surface area contributed by atoms with Gasteiger partial charge in [-0.25, -0.2) is 0 Å². The summed E-state index contributed by atoms with van der Waals surface area (Å²) in [5.74, 6) is 1.41. The second-order valence-electron chi connectivity index (χ2n) is 6.97. The van der Waals surface area contributed by atoms with Crippen molar-refractivity contribution in [1.82, 2.24) is 19.7 Å². The summed E-state index contributed by atoms with van der Waals surface area (Å²) in [7, 11) is 0. The Balaban J connectivity index is 1.48. The van der Waals surface area contributed by atoms with Gasteiger partial charge in [0.25, 0.3) is 0 Å². The van der Waals surface area contributed by atoms with E-state index in [0.29, 0.717) is 5.75 Å². The van der Waals surface area contributed by atoms with E-state index in [2.05, 4.69) is 59.1 Å². The summed E-state index contributed by atoms with van der Waals surface area (Å²) in [4.78, 5) is 16.3. The smallest absolute Gasteiger partial charge is 0.233 e. The molecule has 0 saturated heterocycles. The Kier molecular flexibility index (Phi) is 5.55. The molecule has 0 aliphatic carbocycles. The minimum atomic E-state index is 0.148. The Morgan fingerprint density at radius 3 is 2.89 bits per heavy atom. The summed E-state index contributed by atoms with van der Waals surface area (Å²) >= 11 is 3.28. The van der Waals surface area contributed by atoms with Gasteiger partial charge in [0, 0.05) is 23.5 Å². The number of hydrogen-bond acceptors (Lipinski definition) is 5. The molecule has 0 radical (unpaired) electrons. The number of aromatic nitrogens is 3. The van der Waals surface area contributed by atoms with Crippen molar-refractivity contribution in [2.24, 2.45) is 0 Å². The molecule has 1 aliphatic heterocycles. The van der Waals surface area contributed by atoms with Gasteiger partial charge in [0.05, 0.1) is 11.8 Å². The number of fused-ring (bicyclic) bond motifs is 1. The summed E-state index contributed by atoms with van der Waals surface area (Å²) in [6.07, 6.45) is 0.955.